The van der Waals surface area contributed by atoms with Crippen LogP contribution in [-0.4, -0.2) is 6.03 Å². The van der Waals surface area contributed by atoms with Crippen LogP contribution in [0.1, 0.15) is 25.0 Å². The molecule has 0 aliphatic carbocycles. The zero-order valence-electron chi connectivity index (χ0n) is 12.2. The highest BCUT2D eigenvalue weighted by molar-refractivity contribution is 6.30. The van der Waals surface area contributed by atoms with Gasteiger partial charge in [0.1, 0.15) is 0 Å². The van der Waals surface area contributed by atoms with Crippen LogP contribution in [0.4, 0.5) is 4.79 Å². The molecular weight excluding hydrogens is 284 g/mol. The zero-order valence-corrected chi connectivity index (χ0v) is 12.9. The SMILES string of the molecule is CC(C)(NC(=O)NCc1ccccc1)c1cccc(Cl)c1. The molecule has 0 spiro atoms. The van der Waals surface area contributed by atoms with Crippen molar-refractivity contribution in [3.8, 4) is 0 Å². The van der Waals surface area contributed by atoms with Crippen molar-refractivity contribution in [3.05, 3.63) is 70.7 Å². The fourth-order valence-electron chi connectivity index (χ4n) is 2.06. The smallest absolute Gasteiger partial charge is 0.315 e. The van der Waals surface area contributed by atoms with E-state index in [1.807, 2.05) is 68.4 Å². The van der Waals surface area contributed by atoms with Gasteiger partial charge in [-0.05, 0) is 37.1 Å². The number of urea groups is 1. The molecule has 2 rings (SSSR count). The molecular formula is C17H19ClN2O. The van der Waals surface area contributed by atoms with E-state index < -0.39 is 5.54 Å². The molecule has 2 aromatic rings. The standard InChI is InChI=1S/C17H19ClN2O/c1-17(2,14-9-6-10-15(18)11-14)20-16(21)19-12-13-7-4-3-5-8-13/h3-11H,12H2,1-2H3,(H2,19,20,21). The molecule has 4 heteroatoms. The first-order chi connectivity index (χ1) is 9.97. The number of halogens is 1. The second kappa shape index (κ2) is 6.64. The summed E-state index contributed by atoms with van der Waals surface area (Å²) >= 11 is 6.00. The fourth-order valence-corrected chi connectivity index (χ4v) is 2.25. The number of benzene rings is 2. The largest absolute Gasteiger partial charge is 0.334 e. The molecule has 0 unspecified atom stereocenters. The molecule has 21 heavy (non-hydrogen) atoms. The maximum absolute atomic E-state index is 12.0. The average Bonchev–Trinajstić information content (AvgIpc) is 2.46. The van der Waals surface area contributed by atoms with Crippen molar-refractivity contribution in [2.45, 2.75) is 25.9 Å². The third-order valence-electron chi connectivity index (χ3n) is 3.27. The van der Waals surface area contributed by atoms with Crippen LogP contribution < -0.4 is 10.6 Å². The summed E-state index contributed by atoms with van der Waals surface area (Å²) in [5, 5.41) is 6.48. The van der Waals surface area contributed by atoms with Crippen molar-refractivity contribution in [2.24, 2.45) is 0 Å². The van der Waals surface area contributed by atoms with Gasteiger partial charge in [0.15, 0.2) is 0 Å². The van der Waals surface area contributed by atoms with E-state index in [1.54, 1.807) is 0 Å². The minimum absolute atomic E-state index is 0.205. The molecule has 0 aromatic heterocycles. The van der Waals surface area contributed by atoms with E-state index in [1.165, 1.54) is 0 Å². The average molecular weight is 303 g/mol. The number of carbonyl (C=O) groups is 1. The van der Waals surface area contributed by atoms with Crippen molar-refractivity contribution in [2.75, 3.05) is 0 Å². The van der Waals surface area contributed by atoms with E-state index in [-0.39, 0.29) is 6.03 Å². The quantitative estimate of drug-likeness (QED) is 0.878. The van der Waals surface area contributed by atoms with Crippen molar-refractivity contribution in [1.29, 1.82) is 0 Å². The van der Waals surface area contributed by atoms with Crippen molar-refractivity contribution in [1.82, 2.24) is 10.6 Å². The Labute approximate surface area is 130 Å². The number of hydrogen-bond acceptors (Lipinski definition) is 1. The summed E-state index contributed by atoms with van der Waals surface area (Å²) in [5.41, 5.74) is 1.53. The highest BCUT2D eigenvalue weighted by Crippen LogP contribution is 2.22. The second-order valence-electron chi connectivity index (χ2n) is 5.43. The lowest BCUT2D eigenvalue weighted by molar-refractivity contribution is 0.229. The number of amides is 2. The maximum atomic E-state index is 12.0. The van der Waals surface area contributed by atoms with Crippen molar-refractivity contribution in [3.63, 3.8) is 0 Å². The molecule has 0 radical (unpaired) electrons. The predicted octanol–water partition coefficient (Wildman–Crippen LogP) is 4.07. The van der Waals surface area contributed by atoms with Gasteiger partial charge in [0.2, 0.25) is 0 Å². The van der Waals surface area contributed by atoms with E-state index >= 15 is 0 Å². The number of hydrogen-bond donors (Lipinski definition) is 2. The van der Waals surface area contributed by atoms with Crippen LogP contribution in [0.2, 0.25) is 5.02 Å². The van der Waals surface area contributed by atoms with Gasteiger partial charge in [-0.25, -0.2) is 4.79 Å². The Bertz CT molecular complexity index is 611. The van der Waals surface area contributed by atoms with E-state index in [0.717, 1.165) is 11.1 Å². The Kier molecular flexibility index (Phi) is 4.86. The van der Waals surface area contributed by atoms with Gasteiger partial charge >= 0.3 is 6.03 Å². The summed E-state index contributed by atoms with van der Waals surface area (Å²) in [5.74, 6) is 0. The van der Waals surface area contributed by atoms with Crippen LogP contribution in [-0.2, 0) is 12.1 Å². The van der Waals surface area contributed by atoms with Crippen LogP contribution >= 0.6 is 11.6 Å². The lowest BCUT2D eigenvalue weighted by Gasteiger charge is -2.27. The molecule has 2 aromatic carbocycles. The highest BCUT2D eigenvalue weighted by atomic mass is 35.5. The Morgan fingerprint density at radius 1 is 1.10 bits per heavy atom. The molecule has 0 fully saturated rings. The molecule has 0 bridgehead atoms. The van der Waals surface area contributed by atoms with Crippen LogP contribution in [0.15, 0.2) is 54.6 Å². The summed E-state index contributed by atoms with van der Waals surface area (Å²) in [7, 11) is 0. The molecule has 2 N–H and O–H groups in total. The van der Waals surface area contributed by atoms with Gasteiger partial charge in [-0.15, -0.1) is 0 Å². The minimum Gasteiger partial charge on any atom is -0.334 e. The number of rotatable bonds is 4. The van der Waals surface area contributed by atoms with Gasteiger partial charge in [0.25, 0.3) is 0 Å². The van der Waals surface area contributed by atoms with Crippen LogP contribution in [0, 0.1) is 0 Å². The summed E-state index contributed by atoms with van der Waals surface area (Å²) in [4.78, 5) is 12.0. The highest BCUT2D eigenvalue weighted by Gasteiger charge is 2.22. The van der Waals surface area contributed by atoms with E-state index in [4.69, 9.17) is 11.6 Å². The predicted molar refractivity (Wildman–Crippen MR) is 86.3 cm³/mol. The second-order valence-corrected chi connectivity index (χ2v) is 5.87. The van der Waals surface area contributed by atoms with E-state index in [9.17, 15) is 4.79 Å². The normalized spacial score (nSPS) is 11.0. The molecule has 0 aliphatic rings. The van der Waals surface area contributed by atoms with Gasteiger partial charge in [0, 0.05) is 11.6 Å². The van der Waals surface area contributed by atoms with Gasteiger partial charge in [-0.3, -0.25) is 0 Å². The Morgan fingerprint density at radius 3 is 2.48 bits per heavy atom. The zero-order chi connectivity index (χ0) is 15.3. The lowest BCUT2D eigenvalue weighted by Crippen LogP contribution is -2.46. The Morgan fingerprint density at radius 2 is 1.81 bits per heavy atom. The topological polar surface area (TPSA) is 41.1 Å². The Hall–Kier alpha value is -2.00. The van der Waals surface area contributed by atoms with Crippen LogP contribution in [0.3, 0.4) is 0 Å². The first-order valence-corrected chi connectivity index (χ1v) is 7.21. The van der Waals surface area contributed by atoms with Gasteiger partial charge < -0.3 is 10.6 Å². The first kappa shape index (κ1) is 15.4. The monoisotopic (exact) mass is 302 g/mol. The summed E-state index contributed by atoms with van der Waals surface area (Å²) < 4.78 is 0. The molecule has 2 amide bonds. The minimum atomic E-state index is -0.494. The third kappa shape index (κ3) is 4.50. The molecule has 0 saturated heterocycles. The molecule has 3 nitrogen and oxygen atoms in total. The van der Waals surface area contributed by atoms with E-state index in [0.29, 0.717) is 11.6 Å². The van der Waals surface area contributed by atoms with Gasteiger partial charge in [0.05, 0.1) is 5.54 Å². The van der Waals surface area contributed by atoms with E-state index in [2.05, 4.69) is 10.6 Å². The first-order valence-electron chi connectivity index (χ1n) is 6.83. The van der Waals surface area contributed by atoms with Crippen LogP contribution in [0.25, 0.3) is 0 Å². The number of carbonyl (C=O) groups excluding carboxylic acids is 1. The summed E-state index contributed by atoms with van der Waals surface area (Å²) in [6.45, 7) is 4.39. The maximum Gasteiger partial charge on any atom is 0.315 e. The fraction of sp³-hybridized carbons (Fsp3) is 0.235. The van der Waals surface area contributed by atoms with Gasteiger partial charge in [-0.2, -0.15) is 0 Å². The summed E-state index contributed by atoms with van der Waals surface area (Å²) in [6.07, 6.45) is 0. The van der Waals surface area contributed by atoms with Crippen molar-refractivity contribution < 1.29 is 4.79 Å². The van der Waals surface area contributed by atoms with Crippen LogP contribution in [0.5, 0.6) is 0 Å². The molecule has 0 aliphatic heterocycles. The molecule has 110 valence electrons. The van der Waals surface area contributed by atoms with Crippen molar-refractivity contribution >= 4 is 17.6 Å². The summed E-state index contributed by atoms with van der Waals surface area (Å²) in [6, 6.07) is 17.1. The molecule has 0 heterocycles. The number of nitrogens with one attached hydrogen (secondary N) is 2. The lowest BCUT2D eigenvalue weighted by atomic mass is 9.94. The third-order valence-corrected chi connectivity index (χ3v) is 3.50. The van der Waals surface area contributed by atoms with Gasteiger partial charge in [-0.1, -0.05) is 54.1 Å². The Balaban J connectivity index is 1.95. The molecule has 0 saturated carbocycles. The molecule has 0 atom stereocenters.